The van der Waals surface area contributed by atoms with E-state index in [2.05, 4.69) is 10.2 Å². The molecule has 1 N–H and O–H groups in total. The summed E-state index contributed by atoms with van der Waals surface area (Å²) < 4.78 is 5.18. The van der Waals surface area contributed by atoms with Gasteiger partial charge in [0.25, 0.3) is 0 Å². The molecular weight excluding hydrogens is 252 g/mol. The van der Waals surface area contributed by atoms with Crippen molar-refractivity contribution in [2.75, 3.05) is 34.3 Å². The molecule has 1 aliphatic carbocycles. The lowest BCUT2D eigenvalue weighted by Gasteiger charge is -2.40. The number of ether oxygens (including phenoxy) is 1. The molecule has 1 fully saturated rings. The van der Waals surface area contributed by atoms with Gasteiger partial charge in [-0.2, -0.15) is 0 Å². The van der Waals surface area contributed by atoms with Crippen molar-refractivity contribution in [1.29, 1.82) is 0 Å². The first-order valence-corrected chi connectivity index (χ1v) is 7.16. The minimum Gasteiger partial charge on any atom is -0.497 e. The van der Waals surface area contributed by atoms with Gasteiger partial charge in [0, 0.05) is 13.1 Å². The molecule has 1 aromatic carbocycles. The Morgan fingerprint density at radius 2 is 1.95 bits per heavy atom. The van der Waals surface area contributed by atoms with Gasteiger partial charge in [-0.1, -0.05) is 18.6 Å². The lowest BCUT2D eigenvalue weighted by Crippen LogP contribution is -2.50. The van der Waals surface area contributed by atoms with Gasteiger partial charge in [-0.05, 0) is 44.6 Å². The lowest BCUT2D eigenvalue weighted by atomic mass is 9.64. The number of benzene rings is 1. The van der Waals surface area contributed by atoms with E-state index in [0.717, 1.165) is 37.1 Å². The Hall–Kier alpha value is -1.55. The van der Waals surface area contributed by atoms with E-state index < -0.39 is 0 Å². The highest BCUT2D eigenvalue weighted by Gasteiger charge is 2.45. The zero-order valence-corrected chi connectivity index (χ0v) is 12.6. The summed E-state index contributed by atoms with van der Waals surface area (Å²) in [6.45, 7) is 1.56. The van der Waals surface area contributed by atoms with E-state index in [1.54, 1.807) is 7.11 Å². The Kier molecular flexibility index (Phi) is 4.65. The number of carbonyl (C=O) groups excluding carboxylic acids is 1. The third kappa shape index (κ3) is 2.96. The Labute approximate surface area is 121 Å². The van der Waals surface area contributed by atoms with Crippen LogP contribution in [0.2, 0.25) is 0 Å². The Morgan fingerprint density at radius 1 is 1.30 bits per heavy atom. The fourth-order valence-electron chi connectivity index (χ4n) is 2.65. The summed E-state index contributed by atoms with van der Waals surface area (Å²) in [6, 6.07) is 7.90. The van der Waals surface area contributed by atoms with Crippen LogP contribution in [0, 0.1) is 0 Å². The summed E-state index contributed by atoms with van der Waals surface area (Å²) >= 11 is 0. The normalized spacial score (nSPS) is 16.6. The van der Waals surface area contributed by atoms with Gasteiger partial charge in [-0.15, -0.1) is 0 Å². The van der Waals surface area contributed by atoms with Crippen LogP contribution in [0.1, 0.15) is 24.8 Å². The van der Waals surface area contributed by atoms with E-state index in [1.165, 1.54) is 0 Å². The van der Waals surface area contributed by atoms with Gasteiger partial charge in [0.1, 0.15) is 5.75 Å². The van der Waals surface area contributed by atoms with E-state index in [1.807, 2.05) is 38.4 Å². The number of methoxy groups -OCH3 is 1. The fraction of sp³-hybridized carbons (Fsp3) is 0.562. The molecule has 0 atom stereocenters. The van der Waals surface area contributed by atoms with Gasteiger partial charge in [-0.3, -0.25) is 4.79 Å². The largest absolute Gasteiger partial charge is 0.497 e. The monoisotopic (exact) mass is 276 g/mol. The average Bonchev–Trinajstić information content (AvgIpc) is 2.38. The molecule has 0 unspecified atom stereocenters. The second-order valence-electron chi connectivity index (χ2n) is 5.72. The van der Waals surface area contributed by atoms with E-state index in [4.69, 9.17) is 4.74 Å². The number of nitrogens with one attached hydrogen (secondary N) is 1. The van der Waals surface area contributed by atoms with Crippen LogP contribution in [-0.2, 0) is 10.2 Å². The first-order chi connectivity index (χ1) is 9.58. The Morgan fingerprint density at radius 3 is 2.40 bits per heavy atom. The highest BCUT2D eigenvalue weighted by molar-refractivity contribution is 5.89. The van der Waals surface area contributed by atoms with Crippen molar-refractivity contribution in [3.63, 3.8) is 0 Å². The zero-order valence-electron chi connectivity index (χ0n) is 12.6. The van der Waals surface area contributed by atoms with Gasteiger partial charge in [0.2, 0.25) is 5.91 Å². The molecule has 0 aliphatic heterocycles. The van der Waals surface area contributed by atoms with Crippen molar-refractivity contribution in [2.45, 2.75) is 24.7 Å². The summed E-state index contributed by atoms with van der Waals surface area (Å²) in [6.07, 6.45) is 2.99. The number of likely N-dealkylation sites (N-methyl/N-ethyl adjacent to an activating group) is 1. The maximum Gasteiger partial charge on any atom is 0.230 e. The van der Waals surface area contributed by atoms with E-state index >= 15 is 0 Å². The standard InChI is InChI=1S/C16H24N2O2/c1-18(2)12-11-17-15(19)16(9-4-10-16)13-5-7-14(20-3)8-6-13/h5-8H,4,9-12H2,1-3H3,(H,17,19). The number of amides is 1. The summed E-state index contributed by atoms with van der Waals surface area (Å²) in [5.74, 6) is 0.993. The van der Waals surface area contributed by atoms with Crippen LogP contribution in [0.4, 0.5) is 0 Å². The predicted octanol–water partition coefficient (Wildman–Crippen LogP) is 1.79. The molecule has 1 saturated carbocycles. The van der Waals surface area contributed by atoms with Crippen LogP contribution in [0.5, 0.6) is 5.75 Å². The molecule has 0 spiro atoms. The summed E-state index contributed by atoms with van der Waals surface area (Å²) in [4.78, 5) is 14.6. The highest BCUT2D eigenvalue weighted by Crippen LogP contribution is 2.44. The Balaban J connectivity index is 2.06. The molecule has 0 heterocycles. The molecule has 2 rings (SSSR count). The van der Waals surface area contributed by atoms with Crippen LogP contribution < -0.4 is 10.1 Å². The molecule has 1 aromatic rings. The van der Waals surface area contributed by atoms with Crippen LogP contribution in [0.25, 0.3) is 0 Å². The highest BCUT2D eigenvalue weighted by atomic mass is 16.5. The number of rotatable bonds is 6. The van der Waals surface area contributed by atoms with Gasteiger partial charge in [0.15, 0.2) is 0 Å². The first-order valence-electron chi connectivity index (χ1n) is 7.16. The number of carbonyl (C=O) groups is 1. The SMILES string of the molecule is COc1ccc(C2(C(=O)NCCN(C)C)CCC2)cc1. The minimum absolute atomic E-state index is 0.163. The third-order valence-electron chi connectivity index (χ3n) is 4.13. The van der Waals surface area contributed by atoms with Crippen LogP contribution in [0.15, 0.2) is 24.3 Å². The minimum atomic E-state index is -0.321. The summed E-state index contributed by atoms with van der Waals surface area (Å²) in [5.41, 5.74) is 0.783. The van der Waals surface area contributed by atoms with E-state index in [-0.39, 0.29) is 11.3 Å². The zero-order chi connectivity index (χ0) is 14.6. The molecule has 0 bridgehead atoms. The second kappa shape index (κ2) is 6.27. The Bertz CT molecular complexity index is 450. The van der Waals surface area contributed by atoms with Crippen molar-refractivity contribution < 1.29 is 9.53 Å². The molecule has 1 aliphatic rings. The van der Waals surface area contributed by atoms with Crippen molar-refractivity contribution in [1.82, 2.24) is 10.2 Å². The van der Waals surface area contributed by atoms with Crippen molar-refractivity contribution in [3.8, 4) is 5.75 Å². The molecule has 4 heteroatoms. The van der Waals surface area contributed by atoms with Gasteiger partial charge >= 0.3 is 0 Å². The van der Waals surface area contributed by atoms with Gasteiger partial charge in [0.05, 0.1) is 12.5 Å². The second-order valence-corrected chi connectivity index (χ2v) is 5.72. The van der Waals surface area contributed by atoms with Crippen molar-refractivity contribution >= 4 is 5.91 Å². The number of hydrogen-bond acceptors (Lipinski definition) is 3. The molecule has 20 heavy (non-hydrogen) atoms. The smallest absolute Gasteiger partial charge is 0.230 e. The molecule has 0 saturated heterocycles. The topological polar surface area (TPSA) is 41.6 Å². The van der Waals surface area contributed by atoms with Gasteiger partial charge in [-0.25, -0.2) is 0 Å². The van der Waals surface area contributed by atoms with Crippen LogP contribution >= 0.6 is 0 Å². The molecular formula is C16H24N2O2. The van der Waals surface area contributed by atoms with E-state index in [9.17, 15) is 4.79 Å². The summed E-state index contributed by atoms with van der Waals surface area (Å²) in [5, 5.41) is 3.07. The van der Waals surface area contributed by atoms with Crippen LogP contribution in [0.3, 0.4) is 0 Å². The summed E-state index contributed by atoms with van der Waals surface area (Å²) in [7, 11) is 5.67. The third-order valence-corrected chi connectivity index (χ3v) is 4.13. The van der Waals surface area contributed by atoms with Crippen molar-refractivity contribution in [2.24, 2.45) is 0 Å². The van der Waals surface area contributed by atoms with Gasteiger partial charge < -0.3 is 15.0 Å². The van der Waals surface area contributed by atoms with Crippen molar-refractivity contribution in [3.05, 3.63) is 29.8 Å². The maximum absolute atomic E-state index is 12.5. The number of nitrogens with zero attached hydrogens (tertiary/aromatic N) is 1. The maximum atomic E-state index is 12.5. The first kappa shape index (κ1) is 14.9. The molecule has 110 valence electrons. The predicted molar refractivity (Wildman–Crippen MR) is 80.1 cm³/mol. The molecule has 1 amide bonds. The quantitative estimate of drug-likeness (QED) is 0.861. The van der Waals surface area contributed by atoms with Crippen LogP contribution in [-0.4, -0.2) is 45.1 Å². The van der Waals surface area contributed by atoms with E-state index in [0.29, 0.717) is 6.54 Å². The molecule has 0 radical (unpaired) electrons. The molecule has 4 nitrogen and oxygen atoms in total. The average molecular weight is 276 g/mol. The lowest BCUT2D eigenvalue weighted by molar-refractivity contribution is -0.129. The fourth-order valence-corrected chi connectivity index (χ4v) is 2.65. The molecule has 0 aromatic heterocycles. The number of hydrogen-bond donors (Lipinski definition) is 1.